The molecule has 3 N–H and O–H groups in total. The van der Waals surface area contributed by atoms with Crippen LogP contribution in [0.5, 0.6) is 0 Å². The molecule has 2 rings (SSSR count). The van der Waals surface area contributed by atoms with Crippen molar-refractivity contribution in [2.45, 2.75) is 20.0 Å². The van der Waals surface area contributed by atoms with Crippen LogP contribution < -0.4 is 11.1 Å². The average molecular weight is 350 g/mol. The van der Waals surface area contributed by atoms with Crippen molar-refractivity contribution < 1.29 is 4.92 Å². The first-order chi connectivity index (χ1) is 10.0. The largest absolute Gasteiger partial charge is 0.380 e. The van der Waals surface area contributed by atoms with E-state index in [4.69, 9.17) is 5.73 Å². The second kappa shape index (κ2) is 6.69. The van der Waals surface area contributed by atoms with Gasteiger partial charge in [0.1, 0.15) is 0 Å². The van der Waals surface area contributed by atoms with Gasteiger partial charge in [0.25, 0.3) is 5.69 Å². The van der Waals surface area contributed by atoms with Crippen LogP contribution >= 0.6 is 15.9 Å². The topological polar surface area (TPSA) is 81.2 Å². The van der Waals surface area contributed by atoms with Gasteiger partial charge in [-0.05, 0) is 40.0 Å². The molecule has 0 amide bonds. The number of nitro groups is 1. The highest BCUT2D eigenvalue weighted by molar-refractivity contribution is 9.10. The van der Waals surface area contributed by atoms with Gasteiger partial charge in [0.2, 0.25) is 0 Å². The van der Waals surface area contributed by atoms with Gasteiger partial charge in [-0.3, -0.25) is 10.1 Å². The molecule has 0 aliphatic rings. The van der Waals surface area contributed by atoms with E-state index >= 15 is 0 Å². The van der Waals surface area contributed by atoms with Gasteiger partial charge in [-0.2, -0.15) is 0 Å². The highest BCUT2D eigenvalue weighted by Crippen LogP contribution is 2.30. The molecule has 0 unspecified atom stereocenters. The molecule has 2 aromatic rings. The first-order valence-corrected chi connectivity index (χ1v) is 7.27. The summed E-state index contributed by atoms with van der Waals surface area (Å²) in [6, 6.07) is 11.3. The summed E-state index contributed by atoms with van der Waals surface area (Å²) in [4.78, 5) is 10.5. The van der Waals surface area contributed by atoms with Crippen LogP contribution in [0.1, 0.15) is 16.7 Å². The third-order valence-corrected chi connectivity index (χ3v) is 3.88. The van der Waals surface area contributed by atoms with E-state index in [-0.39, 0.29) is 10.6 Å². The summed E-state index contributed by atoms with van der Waals surface area (Å²) in [6.45, 7) is 2.90. The average Bonchev–Trinajstić information content (AvgIpc) is 2.48. The van der Waals surface area contributed by atoms with Crippen molar-refractivity contribution >= 4 is 27.3 Å². The molecule has 0 bridgehead atoms. The first-order valence-electron chi connectivity index (χ1n) is 6.47. The second-order valence-electron chi connectivity index (χ2n) is 4.75. The highest BCUT2D eigenvalue weighted by atomic mass is 79.9. The number of rotatable bonds is 5. The Morgan fingerprint density at radius 2 is 1.86 bits per heavy atom. The molecule has 0 aliphatic carbocycles. The number of nitrogens with two attached hydrogens (primary N) is 1. The number of halogens is 1. The van der Waals surface area contributed by atoms with Crippen molar-refractivity contribution in [2.24, 2.45) is 5.73 Å². The van der Waals surface area contributed by atoms with E-state index in [1.54, 1.807) is 13.0 Å². The molecule has 0 saturated carbocycles. The fourth-order valence-corrected chi connectivity index (χ4v) is 2.47. The SMILES string of the molecule is Cc1cc(NCc2ccc(CN)cc2)c(Br)cc1[N+](=O)[O-]. The van der Waals surface area contributed by atoms with Gasteiger partial charge in [-0.15, -0.1) is 0 Å². The van der Waals surface area contributed by atoms with Gasteiger partial charge in [0.15, 0.2) is 0 Å². The van der Waals surface area contributed by atoms with Crippen molar-refractivity contribution in [2.75, 3.05) is 5.32 Å². The molecule has 0 heterocycles. The molecule has 0 aliphatic heterocycles. The van der Waals surface area contributed by atoms with Gasteiger partial charge < -0.3 is 11.1 Å². The van der Waals surface area contributed by atoms with Gasteiger partial charge in [-0.1, -0.05) is 24.3 Å². The molecule has 2 aromatic carbocycles. The Balaban J connectivity index is 2.12. The van der Waals surface area contributed by atoms with Crippen LogP contribution in [0.2, 0.25) is 0 Å². The zero-order valence-electron chi connectivity index (χ0n) is 11.6. The van der Waals surface area contributed by atoms with E-state index in [2.05, 4.69) is 21.2 Å². The smallest absolute Gasteiger partial charge is 0.273 e. The molecule has 0 fully saturated rings. The Labute approximate surface area is 131 Å². The summed E-state index contributed by atoms with van der Waals surface area (Å²) in [5.41, 5.74) is 9.35. The summed E-state index contributed by atoms with van der Waals surface area (Å²) in [6.07, 6.45) is 0. The number of aryl methyl sites for hydroxylation is 1. The molecule has 5 nitrogen and oxygen atoms in total. The molecule has 0 saturated heterocycles. The Hall–Kier alpha value is -1.92. The zero-order chi connectivity index (χ0) is 15.4. The van der Waals surface area contributed by atoms with Crippen LogP contribution in [0, 0.1) is 17.0 Å². The van der Waals surface area contributed by atoms with Gasteiger partial charge in [0.05, 0.1) is 4.92 Å². The van der Waals surface area contributed by atoms with Crippen LogP contribution in [0.25, 0.3) is 0 Å². The minimum atomic E-state index is -0.380. The molecular weight excluding hydrogens is 334 g/mol. The van der Waals surface area contributed by atoms with Gasteiger partial charge in [0, 0.05) is 34.9 Å². The van der Waals surface area contributed by atoms with Gasteiger partial charge >= 0.3 is 0 Å². The predicted octanol–water partition coefficient (Wildman–Crippen LogP) is 3.74. The highest BCUT2D eigenvalue weighted by Gasteiger charge is 2.13. The van der Waals surface area contributed by atoms with Crippen molar-refractivity contribution in [3.63, 3.8) is 0 Å². The quantitative estimate of drug-likeness (QED) is 0.636. The van der Waals surface area contributed by atoms with Crippen LogP contribution in [0.4, 0.5) is 11.4 Å². The number of nitro benzene ring substituents is 1. The normalized spacial score (nSPS) is 10.4. The standard InChI is InChI=1S/C15H16BrN3O2/c1-10-6-14(13(16)7-15(10)19(20)21)18-9-12-4-2-11(8-17)3-5-12/h2-7,18H,8-9,17H2,1H3. The molecule has 0 spiro atoms. The van der Waals surface area contributed by atoms with Crippen LogP contribution in [-0.4, -0.2) is 4.92 Å². The summed E-state index contributed by atoms with van der Waals surface area (Å²) in [5, 5.41) is 14.2. The molecule has 0 aromatic heterocycles. The van der Waals surface area contributed by atoms with Crippen molar-refractivity contribution in [3.05, 3.63) is 67.7 Å². The molecule has 6 heteroatoms. The lowest BCUT2D eigenvalue weighted by molar-refractivity contribution is -0.385. The minimum Gasteiger partial charge on any atom is -0.380 e. The van der Waals surface area contributed by atoms with Crippen molar-refractivity contribution in [3.8, 4) is 0 Å². The van der Waals surface area contributed by atoms with E-state index in [1.165, 1.54) is 6.07 Å². The lowest BCUT2D eigenvalue weighted by Crippen LogP contribution is -2.02. The van der Waals surface area contributed by atoms with Gasteiger partial charge in [-0.25, -0.2) is 0 Å². The maximum atomic E-state index is 10.9. The fraction of sp³-hybridized carbons (Fsp3) is 0.200. The summed E-state index contributed by atoms with van der Waals surface area (Å²) in [5.74, 6) is 0. The van der Waals surface area contributed by atoms with E-state index in [1.807, 2.05) is 24.3 Å². The summed E-state index contributed by atoms with van der Waals surface area (Å²) in [7, 11) is 0. The fourth-order valence-electron chi connectivity index (χ4n) is 1.99. The molecule has 21 heavy (non-hydrogen) atoms. The number of nitrogens with one attached hydrogen (secondary N) is 1. The number of nitrogens with zero attached hydrogens (tertiary/aromatic N) is 1. The summed E-state index contributed by atoms with van der Waals surface area (Å²) >= 11 is 3.36. The second-order valence-corrected chi connectivity index (χ2v) is 5.60. The van der Waals surface area contributed by atoms with Crippen LogP contribution in [-0.2, 0) is 13.1 Å². The Bertz CT molecular complexity index is 657. The molecule has 110 valence electrons. The van der Waals surface area contributed by atoms with E-state index in [0.717, 1.165) is 16.8 Å². The number of benzene rings is 2. The lowest BCUT2D eigenvalue weighted by atomic mass is 10.1. The van der Waals surface area contributed by atoms with Crippen molar-refractivity contribution in [1.82, 2.24) is 0 Å². The number of anilines is 1. The number of hydrogen-bond donors (Lipinski definition) is 2. The van der Waals surface area contributed by atoms with Crippen molar-refractivity contribution in [1.29, 1.82) is 0 Å². The Kier molecular flexibility index (Phi) is 4.93. The third-order valence-electron chi connectivity index (χ3n) is 3.22. The minimum absolute atomic E-state index is 0.111. The van der Waals surface area contributed by atoms with E-state index < -0.39 is 0 Å². The van der Waals surface area contributed by atoms with E-state index in [9.17, 15) is 10.1 Å². The Morgan fingerprint density at radius 1 is 1.24 bits per heavy atom. The monoisotopic (exact) mass is 349 g/mol. The van der Waals surface area contributed by atoms with Crippen LogP contribution in [0.3, 0.4) is 0 Å². The zero-order valence-corrected chi connectivity index (χ0v) is 13.2. The molecule has 0 atom stereocenters. The third kappa shape index (κ3) is 3.80. The maximum Gasteiger partial charge on any atom is 0.273 e. The summed E-state index contributed by atoms with van der Waals surface area (Å²) < 4.78 is 0.679. The number of hydrogen-bond acceptors (Lipinski definition) is 4. The van der Waals surface area contributed by atoms with Crippen LogP contribution in [0.15, 0.2) is 40.9 Å². The van der Waals surface area contributed by atoms with E-state index in [0.29, 0.717) is 23.1 Å². The molecular formula is C15H16BrN3O2. The Morgan fingerprint density at radius 3 is 2.43 bits per heavy atom. The maximum absolute atomic E-state index is 10.9. The molecule has 0 radical (unpaired) electrons. The first kappa shape index (κ1) is 15.5. The lowest BCUT2D eigenvalue weighted by Gasteiger charge is -2.10. The predicted molar refractivity (Wildman–Crippen MR) is 87.2 cm³/mol.